The quantitative estimate of drug-likeness (QED) is 0.829. The molecule has 104 valence electrons. The van der Waals surface area contributed by atoms with Gasteiger partial charge in [0, 0.05) is 19.3 Å². The van der Waals surface area contributed by atoms with Crippen LogP contribution >= 0.6 is 0 Å². The maximum absolute atomic E-state index is 12.2. The number of hydrogen-bond donors (Lipinski definition) is 2. The van der Waals surface area contributed by atoms with Crippen molar-refractivity contribution in [3.05, 3.63) is 17.5 Å². The zero-order chi connectivity index (χ0) is 13.8. The minimum Gasteiger partial charge on any atom is -0.354 e. The van der Waals surface area contributed by atoms with Gasteiger partial charge in [0.15, 0.2) is 0 Å². The van der Waals surface area contributed by atoms with Gasteiger partial charge in [-0.25, -0.2) is 0 Å². The maximum atomic E-state index is 12.2. The molecule has 2 rings (SSSR count). The molecule has 0 radical (unpaired) electrons. The van der Waals surface area contributed by atoms with E-state index in [0.29, 0.717) is 12.2 Å². The van der Waals surface area contributed by atoms with Gasteiger partial charge in [0.25, 0.3) is 0 Å². The van der Waals surface area contributed by atoms with Crippen LogP contribution < -0.4 is 5.32 Å². The summed E-state index contributed by atoms with van der Waals surface area (Å²) in [5, 5.41) is 9.70. The Balaban J connectivity index is 1.99. The molecular weight excluding hydrogens is 244 g/mol. The summed E-state index contributed by atoms with van der Waals surface area (Å²) < 4.78 is 0. The standard InChI is InChI=1S/C13H20N4O2/c1-9-7-10(16-15-9)8-12(18)17(2)11-5-3-4-6-14-13(11)19/h7,11H,3-6,8H2,1-2H3,(H,14,19)(H,15,16). The van der Waals surface area contributed by atoms with Crippen molar-refractivity contribution >= 4 is 11.8 Å². The molecule has 0 aromatic carbocycles. The molecular formula is C13H20N4O2. The number of nitrogens with one attached hydrogen (secondary N) is 2. The van der Waals surface area contributed by atoms with Crippen molar-refractivity contribution in [2.75, 3.05) is 13.6 Å². The summed E-state index contributed by atoms with van der Waals surface area (Å²) in [5.41, 5.74) is 1.64. The molecule has 1 aliphatic heterocycles. The van der Waals surface area contributed by atoms with Crippen molar-refractivity contribution in [2.45, 2.75) is 38.6 Å². The van der Waals surface area contributed by atoms with E-state index in [1.807, 2.05) is 13.0 Å². The highest BCUT2D eigenvalue weighted by molar-refractivity contribution is 5.88. The molecule has 2 heterocycles. The van der Waals surface area contributed by atoms with Gasteiger partial charge in [0.2, 0.25) is 11.8 Å². The molecule has 1 unspecified atom stereocenters. The number of likely N-dealkylation sites (N-methyl/N-ethyl adjacent to an activating group) is 1. The van der Waals surface area contributed by atoms with E-state index in [1.165, 1.54) is 0 Å². The second-order valence-electron chi connectivity index (χ2n) is 5.03. The molecule has 0 aliphatic carbocycles. The topological polar surface area (TPSA) is 78.1 Å². The fraction of sp³-hybridized carbons (Fsp3) is 0.615. The largest absolute Gasteiger partial charge is 0.354 e. The van der Waals surface area contributed by atoms with Crippen LogP contribution in [0.4, 0.5) is 0 Å². The average molecular weight is 264 g/mol. The number of amides is 2. The first-order valence-corrected chi connectivity index (χ1v) is 6.62. The van der Waals surface area contributed by atoms with E-state index in [2.05, 4.69) is 15.5 Å². The van der Waals surface area contributed by atoms with Gasteiger partial charge in [0.05, 0.1) is 12.1 Å². The van der Waals surface area contributed by atoms with Gasteiger partial charge >= 0.3 is 0 Å². The van der Waals surface area contributed by atoms with E-state index in [4.69, 9.17) is 0 Å². The summed E-state index contributed by atoms with van der Waals surface area (Å²) in [6.07, 6.45) is 2.89. The number of carbonyl (C=O) groups is 2. The summed E-state index contributed by atoms with van der Waals surface area (Å²) in [5.74, 6) is -0.125. The lowest BCUT2D eigenvalue weighted by atomic mass is 10.1. The lowest BCUT2D eigenvalue weighted by Gasteiger charge is -2.25. The van der Waals surface area contributed by atoms with E-state index in [0.717, 1.165) is 25.0 Å². The Hall–Kier alpha value is -1.85. The molecule has 19 heavy (non-hydrogen) atoms. The SMILES string of the molecule is Cc1cc(CC(=O)N(C)C2CCCCNC2=O)n[nH]1. The second-order valence-corrected chi connectivity index (χ2v) is 5.03. The minimum absolute atomic E-state index is 0.0495. The Morgan fingerprint density at radius 1 is 1.53 bits per heavy atom. The molecule has 1 atom stereocenters. The molecule has 1 saturated heterocycles. The number of nitrogens with zero attached hydrogens (tertiary/aromatic N) is 2. The third-order valence-corrected chi connectivity index (χ3v) is 3.46. The first-order chi connectivity index (χ1) is 9.08. The molecule has 2 amide bonds. The highest BCUT2D eigenvalue weighted by Crippen LogP contribution is 2.12. The minimum atomic E-state index is -0.352. The highest BCUT2D eigenvalue weighted by atomic mass is 16.2. The third-order valence-electron chi connectivity index (χ3n) is 3.46. The maximum Gasteiger partial charge on any atom is 0.242 e. The number of aromatic amines is 1. The molecule has 6 heteroatoms. The summed E-state index contributed by atoms with van der Waals surface area (Å²) in [6.45, 7) is 2.60. The van der Waals surface area contributed by atoms with Crippen LogP contribution in [0.25, 0.3) is 0 Å². The molecule has 1 aromatic heterocycles. The Bertz CT molecular complexity index is 469. The van der Waals surface area contributed by atoms with Gasteiger partial charge in [0.1, 0.15) is 6.04 Å². The molecule has 1 aliphatic rings. The second kappa shape index (κ2) is 5.86. The van der Waals surface area contributed by atoms with Crippen LogP contribution in [0.2, 0.25) is 0 Å². The molecule has 1 fully saturated rings. The van der Waals surface area contributed by atoms with Crippen molar-refractivity contribution < 1.29 is 9.59 Å². The summed E-state index contributed by atoms with van der Waals surface area (Å²) >= 11 is 0. The van der Waals surface area contributed by atoms with Gasteiger partial charge in [-0.2, -0.15) is 5.10 Å². The normalized spacial score (nSPS) is 19.7. The number of hydrogen-bond acceptors (Lipinski definition) is 3. The van der Waals surface area contributed by atoms with Gasteiger partial charge in [-0.05, 0) is 32.3 Å². The van der Waals surface area contributed by atoms with E-state index in [-0.39, 0.29) is 24.3 Å². The number of aryl methyl sites for hydroxylation is 1. The molecule has 6 nitrogen and oxygen atoms in total. The van der Waals surface area contributed by atoms with Gasteiger partial charge in [-0.15, -0.1) is 0 Å². The molecule has 1 aromatic rings. The van der Waals surface area contributed by atoms with Gasteiger partial charge in [-0.1, -0.05) is 0 Å². The highest BCUT2D eigenvalue weighted by Gasteiger charge is 2.28. The Labute approximate surface area is 112 Å². The van der Waals surface area contributed by atoms with E-state index >= 15 is 0 Å². The monoisotopic (exact) mass is 264 g/mol. The molecule has 0 bridgehead atoms. The van der Waals surface area contributed by atoms with Crippen LogP contribution in [0.15, 0.2) is 6.07 Å². The molecule has 0 saturated carbocycles. The van der Waals surface area contributed by atoms with Gasteiger partial charge < -0.3 is 10.2 Å². The summed E-state index contributed by atoms with van der Waals surface area (Å²) in [4.78, 5) is 25.6. The Morgan fingerprint density at radius 3 is 3.00 bits per heavy atom. The van der Waals surface area contributed by atoms with Crippen molar-refractivity contribution in [1.29, 1.82) is 0 Å². The Morgan fingerprint density at radius 2 is 2.32 bits per heavy atom. The van der Waals surface area contributed by atoms with Crippen LogP contribution in [0.5, 0.6) is 0 Å². The first-order valence-electron chi connectivity index (χ1n) is 6.62. The average Bonchev–Trinajstić information content (AvgIpc) is 2.66. The number of carbonyl (C=O) groups excluding carboxylic acids is 2. The van der Waals surface area contributed by atoms with E-state index in [9.17, 15) is 9.59 Å². The smallest absolute Gasteiger partial charge is 0.242 e. The summed E-state index contributed by atoms with van der Waals surface area (Å²) in [6, 6.07) is 1.49. The van der Waals surface area contributed by atoms with E-state index in [1.54, 1.807) is 11.9 Å². The van der Waals surface area contributed by atoms with Crippen LogP contribution in [-0.4, -0.2) is 46.5 Å². The number of aromatic nitrogens is 2. The van der Waals surface area contributed by atoms with Crippen LogP contribution in [0.3, 0.4) is 0 Å². The van der Waals surface area contributed by atoms with Crippen LogP contribution in [-0.2, 0) is 16.0 Å². The Kier molecular flexibility index (Phi) is 4.19. The van der Waals surface area contributed by atoms with Crippen LogP contribution in [0.1, 0.15) is 30.7 Å². The molecule has 2 N–H and O–H groups in total. The predicted molar refractivity (Wildman–Crippen MR) is 70.4 cm³/mol. The fourth-order valence-corrected chi connectivity index (χ4v) is 2.31. The zero-order valence-corrected chi connectivity index (χ0v) is 11.4. The van der Waals surface area contributed by atoms with Crippen molar-refractivity contribution in [2.24, 2.45) is 0 Å². The third kappa shape index (κ3) is 3.33. The zero-order valence-electron chi connectivity index (χ0n) is 11.4. The molecule has 0 spiro atoms. The van der Waals surface area contributed by atoms with E-state index < -0.39 is 0 Å². The lowest BCUT2D eigenvalue weighted by Crippen LogP contribution is -2.47. The van der Waals surface area contributed by atoms with Crippen LogP contribution in [0, 0.1) is 6.92 Å². The van der Waals surface area contributed by atoms with Gasteiger partial charge in [-0.3, -0.25) is 14.7 Å². The van der Waals surface area contributed by atoms with Crippen molar-refractivity contribution in [3.63, 3.8) is 0 Å². The lowest BCUT2D eigenvalue weighted by molar-refractivity contribution is -0.138. The summed E-state index contributed by atoms with van der Waals surface area (Å²) in [7, 11) is 1.69. The first kappa shape index (κ1) is 13.6. The predicted octanol–water partition coefficient (Wildman–Crippen LogP) is 0.388. The fourth-order valence-electron chi connectivity index (χ4n) is 2.31. The van der Waals surface area contributed by atoms with Crippen molar-refractivity contribution in [1.82, 2.24) is 20.4 Å². The number of rotatable bonds is 3. The van der Waals surface area contributed by atoms with Crippen molar-refractivity contribution in [3.8, 4) is 0 Å². The number of H-pyrrole nitrogens is 1.